The largest absolute Gasteiger partial charge is 0.398 e. The van der Waals surface area contributed by atoms with Crippen molar-refractivity contribution in [3.05, 3.63) is 52.5 Å². The van der Waals surface area contributed by atoms with E-state index in [1.54, 1.807) is 12.1 Å². The van der Waals surface area contributed by atoms with Crippen molar-refractivity contribution in [2.45, 2.75) is 13.5 Å². The van der Waals surface area contributed by atoms with E-state index in [9.17, 15) is 4.79 Å². The summed E-state index contributed by atoms with van der Waals surface area (Å²) in [5.74, 6) is -0.0622. The number of anilines is 1. The summed E-state index contributed by atoms with van der Waals surface area (Å²) < 4.78 is 0. The van der Waals surface area contributed by atoms with Crippen molar-refractivity contribution in [1.29, 1.82) is 5.41 Å². The molecule has 2 rings (SSSR count). The maximum Gasteiger partial charge on any atom is 0.217 e. The van der Waals surface area contributed by atoms with Gasteiger partial charge >= 0.3 is 0 Å². The van der Waals surface area contributed by atoms with Gasteiger partial charge in [0.2, 0.25) is 5.91 Å². The summed E-state index contributed by atoms with van der Waals surface area (Å²) in [7, 11) is 0. The smallest absolute Gasteiger partial charge is 0.217 e. The van der Waals surface area contributed by atoms with Gasteiger partial charge in [-0.05, 0) is 28.8 Å². The van der Waals surface area contributed by atoms with Crippen molar-refractivity contribution < 1.29 is 4.79 Å². The van der Waals surface area contributed by atoms with E-state index < -0.39 is 0 Å². The molecule has 4 N–H and O–H groups in total. The zero-order valence-corrected chi connectivity index (χ0v) is 12.4. The fourth-order valence-electron chi connectivity index (χ4n) is 2.07. The first-order valence-corrected chi connectivity index (χ1v) is 6.82. The molecule has 0 aliphatic carbocycles. The normalized spacial score (nSPS) is 10.2. The van der Waals surface area contributed by atoms with Gasteiger partial charge in [-0.2, -0.15) is 0 Å². The van der Waals surface area contributed by atoms with Crippen molar-refractivity contribution in [2.75, 3.05) is 5.73 Å². The zero-order valence-electron chi connectivity index (χ0n) is 11.6. The number of carbonyl (C=O) groups excluding carboxylic acids is 1. The maximum absolute atomic E-state index is 10.9. The fourth-order valence-corrected chi connectivity index (χ4v) is 2.29. The Kier molecular flexibility index (Phi) is 4.60. The lowest BCUT2D eigenvalue weighted by Crippen LogP contribution is -2.18. The second-order valence-corrected chi connectivity index (χ2v) is 5.14. The van der Waals surface area contributed by atoms with E-state index in [2.05, 4.69) is 5.32 Å². The molecule has 0 saturated heterocycles. The number of nitrogen functional groups attached to an aromatic ring is 1. The molecule has 0 bridgehead atoms. The standard InChI is InChI=1S/C16H16ClN3O/c1-10(21)20-9-11-2-4-12(5-3-11)14-6-13(17)7-16(19)15(14)8-18/h2-8,18H,9,19H2,1H3,(H,20,21). The lowest BCUT2D eigenvalue weighted by atomic mass is 9.98. The molecule has 0 heterocycles. The van der Waals surface area contributed by atoms with Crippen LogP contribution >= 0.6 is 11.6 Å². The predicted molar refractivity (Wildman–Crippen MR) is 86.7 cm³/mol. The van der Waals surface area contributed by atoms with Gasteiger partial charge in [0.1, 0.15) is 0 Å². The van der Waals surface area contributed by atoms with Gasteiger partial charge in [-0.25, -0.2) is 0 Å². The number of amides is 1. The lowest BCUT2D eigenvalue weighted by Gasteiger charge is -2.11. The van der Waals surface area contributed by atoms with Crippen LogP contribution in [0.15, 0.2) is 36.4 Å². The Bertz CT molecular complexity index is 681. The van der Waals surface area contributed by atoms with Crippen molar-refractivity contribution in [3.63, 3.8) is 0 Å². The van der Waals surface area contributed by atoms with Crippen LogP contribution in [0.25, 0.3) is 11.1 Å². The molecule has 0 aromatic heterocycles. The van der Waals surface area contributed by atoms with E-state index in [0.29, 0.717) is 22.8 Å². The molecule has 0 aliphatic heterocycles. The lowest BCUT2D eigenvalue weighted by molar-refractivity contribution is -0.119. The molecule has 108 valence electrons. The van der Waals surface area contributed by atoms with Crippen LogP contribution in [0.4, 0.5) is 5.69 Å². The average Bonchev–Trinajstić information content (AvgIpc) is 2.45. The van der Waals surface area contributed by atoms with Crippen molar-refractivity contribution >= 4 is 29.4 Å². The summed E-state index contributed by atoms with van der Waals surface area (Å²) in [5, 5.41) is 10.8. The summed E-state index contributed by atoms with van der Waals surface area (Å²) in [6, 6.07) is 11.1. The molecular formula is C16H16ClN3O. The number of nitrogens with two attached hydrogens (primary N) is 1. The molecule has 2 aromatic carbocycles. The number of rotatable bonds is 4. The zero-order chi connectivity index (χ0) is 15.4. The molecule has 0 radical (unpaired) electrons. The summed E-state index contributed by atoms with van der Waals surface area (Å²) in [6.45, 7) is 1.98. The number of hydrogen-bond acceptors (Lipinski definition) is 3. The summed E-state index contributed by atoms with van der Waals surface area (Å²) >= 11 is 6.04. The van der Waals surface area contributed by atoms with Gasteiger partial charge in [-0.1, -0.05) is 35.9 Å². The number of carbonyl (C=O) groups is 1. The highest BCUT2D eigenvalue weighted by Crippen LogP contribution is 2.30. The maximum atomic E-state index is 10.9. The van der Waals surface area contributed by atoms with Crippen LogP contribution in [0.1, 0.15) is 18.1 Å². The minimum Gasteiger partial charge on any atom is -0.398 e. The Balaban J connectivity index is 2.34. The summed E-state index contributed by atoms with van der Waals surface area (Å²) in [5.41, 5.74) is 9.77. The molecule has 0 fully saturated rings. The van der Waals surface area contributed by atoms with Gasteiger partial charge in [0.25, 0.3) is 0 Å². The van der Waals surface area contributed by atoms with Crippen LogP contribution < -0.4 is 11.1 Å². The fraction of sp³-hybridized carbons (Fsp3) is 0.125. The SMILES string of the molecule is CC(=O)NCc1ccc(-c2cc(Cl)cc(N)c2C=N)cc1. The quantitative estimate of drug-likeness (QED) is 0.599. The highest BCUT2D eigenvalue weighted by atomic mass is 35.5. The van der Waals surface area contributed by atoms with Crippen LogP contribution in [0.3, 0.4) is 0 Å². The van der Waals surface area contributed by atoms with Gasteiger partial charge in [0, 0.05) is 36.0 Å². The Morgan fingerprint density at radius 1 is 1.33 bits per heavy atom. The average molecular weight is 302 g/mol. The van der Waals surface area contributed by atoms with Gasteiger partial charge in [0.15, 0.2) is 0 Å². The number of nitrogens with one attached hydrogen (secondary N) is 2. The highest BCUT2D eigenvalue weighted by Gasteiger charge is 2.08. The first-order chi connectivity index (χ1) is 10.0. The number of halogens is 1. The molecule has 1 amide bonds. The van der Waals surface area contributed by atoms with E-state index in [4.69, 9.17) is 22.7 Å². The third-order valence-corrected chi connectivity index (χ3v) is 3.35. The third kappa shape index (κ3) is 3.61. The Morgan fingerprint density at radius 3 is 2.57 bits per heavy atom. The number of benzene rings is 2. The molecule has 0 atom stereocenters. The van der Waals surface area contributed by atoms with E-state index in [1.807, 2.05) is 24.3 Å². The van der Waals surface area contributed by atoms with Crippen LogP contribution in [0.2, 0.25) is 5.02 Å². The molecule has 0 unspecified atom stereocenters. The molecule has 0 spiro atoms. The van der Waals surface area contributed by atoms with Crippen molar-refractivity contribution in [2.24, 2.45) is 0 Å². The van der Waals surface area contributed by atoms with Crippen LogP contribution in [-0.4, -0.2) is 12.1 Å². The highest BCUT2D eigenvalue weighted by molar-refractivity contribution is 6.31. The second-order valence-electron chi connectivity index (χ2n) is 4.71. The van der Waals surface area contributed by atoms with Gasteiger partial charge in [-0.3, -0.25) is 4.79 Å². The Morgan fingerprint density at radius 2 is 2.00 bits per heavy atom. The molecule has 5 heteroatoms. The molecule has 0 saturated carbocycles. The van der Waals surface area contributed by atoms with Crippen molar-refractivity contribution in [3.8, 4) is 11.1 Å². The minimum atomic E-state index is -0.0622. The summed E-state index contributed by atoms with van der Waals surface area (Å²) in [4.78, 5) is 10.9. The molecule has 4 nitrogen and oxygen atoms in total. The summed E-state index contributed by atoms with van der Waals surface area (Å²) in [6.07, 6.45) is 1.23. The third-order valence-electron chi connectivity index (χ3n) is 3.13. The van der Waals surface area contributed by atoms with Crippen LogP contribution in [0, 0.1) is 5.41 Å². The van der Waals surface area contributed by atoms with E-state index in [1.165, 1.54) is 13.1 Å². The van der Waals surface area contributed by atoms with Gasteiger partial charge < -0.3 is 16.5 Å². The first kappa shape index (κ1) is 15.1. The predicted octanol–water partition coefficient (Wildman–Crippen LogP) is 3.22. The first-order valence-electron chi connectivity index (χ1n) is 6.44. The Labute approximate surface area is 128 Å². The topological polar surface area (TPSA) is 79.0 Å². The monoisotopic (exact) mass is 301 g/mol. The van der Waals surface area contributed by atoms with Crippen molar-refractivity contribution in [1.82, 2.24) is 5.32 Å². The number of hydrogen-bond donors (Lipinski definition) is 3. The minimum absolute atomic E-state index is 0.0622. The Hall–Kier alpha value is -2.33. The van der Waals surface area contributed by atoms with Crippen LogP contribution in [-0.2, 0) is 11.3 Å². The van der Waals surface area contributed by atoms with Crippen LogP contribution in [0.5, 0.6) is 0 Å². The van der Waals surface area contributed by atoms with E-state index in [0.717, 1.165) is 16.7 Å². The molecule has 0 aliphatic rings. The second kappa shape index (κ2) is 6.41. The molecule has 21 heavy (non-hydrogen) atoms. The molecule has 2 aromatic rings. The molecular weight excluding hydrogens is 286 g/mol. The van der Waals surface area contributed by atoms with E-state index >= 15 is 0 Å². The van der Waals surface area contributed by atoms with Gasteiger partial charge in [0.05, 0.1) is 0 Å². The van der Waals surface area contributed by atoms with Gasteiger partial charge in [-0.15, -0.1) is 0 Å². The van der Waals surface area contributed by atoms with E-state index in [-0.39, 0.29) is 5.91 Å².